The number of rotatable bonds is 3. The number of nitrogens with two attached hydrogens (primary N) is 1. The lowest BCUT2D eigenvalue weighted by Gasteiger charge is -2.38. The van der Waals surface area contributed by atoms with Crippen molar-refractivity contribution in [3.8, 4) is 0 Å². The van der Waals surface area contributed by atoms with Crippen molar-refractivity contribution in [1.82, 2.24) is 31.3 Å². The summed E-state index contributed by atoms with van der Waals surface area (Å²) >= 11 is 0. The molecule has 4 aliphatic rings. The zero-order valence-corrected chi connectivity index (χ0v) is 16.4. The van der Waals surface area contributed by atoms with Gasteiger partial charge in [0.05, 0.1) is 41.5 Å². The molecular weight excluding hydrogens is 389 g/mol. The Hall–Kier alpha value is -1.31. The van der Waals surface area contributed by atoms with Gasteiger partial charge in [-0.3, -0.25) is 15.0 Å². The van der Waals surface area contributed by atoms with Gasteiger partial charge < -0.3 is 16.4 Å². The minimum absolute atomic E-state index is 0.0445. The minimum atomic E-state index is -2.97. The molecule has 0 saturated carbocycles. The molecule has 4 heterocycles. The molecule has 158 valence electrons. The molecule has 0 spiro atoms. The van der Waals surface area contributed by atoms with Crippen LogP contribution in [0.5, 0.6) is 0 Å². The second-order valence-electron chi connectivity index (χ2n) is 7.82. The molecule has 5 unspecified atom stereocenters. The number of carbonyl (C=O) groups is 1. The number of hydrazine groups is 1. The van der Waals surface area contributed by atoms with Crippen LogP contribution in [0.4, 0.5) is 4.39 Å². The summed E-state index contributed by atoms with van der Waals surface area (Å²) in [5.74, 6) is -0.526. The maximum atomic E-state index is 13.6. The van der Waals surface area contributed by atoms with Gasteiger partial charge in [-0.1, -0.05) is 0 Å². The molecule has 12 heteroatoms. The summed E-state index contributed by atoms with van der Waals surface area (Å²) in [6.07, 6.45) is 0.574. The van der Waals surface area contributed by atoms with E-state index in [-0.39, 0.29) is 42.7 Å². The Balaban J connectivity index is 1.43. The van der Waals surface area contributed by atoms with Gasteiger partial charge in [0.1, 0.15) is 6.17 Å². The van der Waals surface area contributed by atoms with Crippen molar-refractivity contribution in [3.63, 3.8) is 0 Å². The summed E-state index contributed by atoms with van der Waals surface area (Å²) in [7, 11) is -2.97. The highest BCUT2D eigenvalue weighted by atomic mass is 32.2. The molecule has 0 aromatic carbocycles. The van der Waals surface area contributed by atoms with E-state index in [9.17, 15) is 17.6 Å². The molecule has 3 fully saturated rings. The van der Waals surface area contributed by atoms with Gasteiger partial charge in [-0.05, 0) is 6.42 Å². The Morgan fingerprint density at radius 1 is 1.32 bits per heavy atom. The van der Waals surface area contributed by atoms with Crippen molar-refractivity contribution >= 4 is 15.7 Å². The molecule has 0 bridgehead atoms. The van der Waals surface area contributed by atoms with Crippen LogP contribution in [-0.4, -0.2) is 93.0 Å². The molecule has 10 nitrogen and oxygen atoms in total. The predicted molar refractivity (Wildman–Crippen MR) is 101 cm³/mol. The average molecular weight is 418 g/mol. The lowest BCUT2D eigenvalue weighted by molar-refractivity contribution is -0.126. The summed E-state index contributed by atoms with van der Waals surface area (Å²) in [6, 6.07) is -0.0445. The summed E-state index contributed by atoms with van der Waals surface area (Å²) in [5, 5.41) is 10.8. The molecule has 4 rings (SSSR count). The molecule has 6 N–H and O–H groups in total. The first kappa shape index (κ1) is 20.0. The van der Waals surface area contributed by atoms with Crippen LogP contribution in [0.25, 0.3) is 0 Å². The number of hydrogen-bond acceptors (Lipinski definition) is 9. The Bertz CT molecular complexity index is 735. The fraction of sp³-hybridized carbons (Fsp3) is 0.812. The van der Waals surface area contributed by atoms with Crippen LogP contribution in [0.3, 0.4) is 0 Å². The number of amides is 1. The largest absolute Gasteiger partial charge is 0.389 e. The second kappa shape index (κ2) is 7.84. The van der Waals surface area contributed by atoms with Crippen LogP contribution < -0.4 is 27.1 Å². The smallest absolute Gasteiger partial charge is 0.233 e. The number of alkyl halides is 1. The lowest BCUT2D eigenvalue weighted by atomic mass is 10.00. The van der Waals surface area contributed by atoms with E-state index in [2.05, 4.69) is 26.3 Å². The number of halogens is 1. The third-order valence-corrected chi connectivity index (χ3v) is 7.50. The molecule has 28 heavy (non-hydrogen) atoms. The molecule has 1 amide bonds. The van der Waals surface area contributed by atoms with E-state index >= 15 is 0 Å². The highest BCUT2D eigenvalue weighted by molar-refractivity contribution is 7.91. The molecular formula is C16H28FN7O3S. The van der Waals surface area contributed by atoms with E-state index in [0.717, 1.165) is 18.7 Å². The van der Waals surface area contributed by atoms with Crippen LogP contribution in [0.15, 0.2) is 11.9 Å². The van der Waals surface area contributed by atoms with Crippen molar-refractivity contribution in [1.29, 1.82) is 0 Å². The number of nitrogens with one attached hydrogen (secondary N) is 4. The minimum Gasteiger partial charge on any atom is -0.389 e. The third-order valence-electron chi connectivity index (χ3n) is 5.89. The van der Waals surface area contributed by atoms with Crippen molar-refractivity contribution in [2.45, 2.75) is 31.0 Å². The Morgan fingerprint density at radius 2 is 2.07 bits per heavy atom. The first-order chi connectivity index (χ1) is 13.3. The van der Waals surface area contributed by atoms with Gasteiger partial charge in [0, 0.05) is 38.9 Å². The van der Waals surface area contributed by atoms with Gasteiger partial charge in [-0.2, -0.15) is 0 Å². The number of carbonyl (C=O) groups excluding carboxylic acids is 1. The van der Waals surface area contributed by atoms with Gasteiger partial charge in [0.25, 0.3) is 0 Å². The first-order valence-corrected chi connectivity index (χ1v) is 11.5. The topological polar surface area (TPSA) is 132 Å². The van der Waals surface area contributed by atoms with Crippen LogP contribution in [0.2, 0.25) is 0 Å². The zero-order chi connectivity index (χ0) is 19.9. The SMILES string of the molecule is NC1NN2CC(F)CNC2C1C(=O)NC1=CNCCC1N1CCS(=O)(=O)CC1. The number of nitrogens with zero attached hydrogens (tertiary/aromatic N) is 2. The van der Waals surface area contributed by atoms with E-state index in [0.29, 0.717) is 13.1 Å². The third kappa shape index (κ3) is 4.02. The molecule has 5 atom stereocenters. The zero-order valence-electron chi connectivity index (χ0n) is 15.6. The summed E-state index contributed by atoms with van der Waals surface area (Å²) < 4.78 is 37.1. The first-order valence-electron chi connectivity index (χ1n) is 9.69. The fourth-order valence-corrected chi connectivity index (χ4v) is 5.62. The monoisotopic (exact) mass is 417 g/mol. The number of sulfone groups is 1. The highest BCUT2D eigenvalue weighted by Gasteiger charge is 2.47. The Morgan fingerprint density at radius 3 is 2.82 bits per heavy atom. The molecule has 4 aliphatic heterocycles. The van der Waals surface area contributed by atoms with E-state index in [4.69, 9.17) is 5.73 Å². The Kier molecular flexibility index (Phi) is 5.60. The Labute approximate surface area is 163 Å². The van der Waals surface area contributed by atoms with Crippen LogP contribution in [-0.2, 0) is 14.6 Å². The molecule has 0 radical (unpaired) electrons. The fourth-order valence-electron chi connectivity index (χ4n) is 4.40. The van der Waals surface area contributed by atoms with Crippen molar-refractivity contribution in [3.05, 3.63) is 11.9 Å². The van der Waals surface area contributed by atoms with Crippen LogP contribution >= 0.6 is 0 Å². The quantitative estimate of drug-likeness (QED) is 0.326. The molecule has 0 aliphatic carbocycles. The summed E-state index contributed by atoms with van der Waals surface area (Å²) in [4.78, 5) is 15.1. The average Bonchev–Trinajstić information content (AvgIpc) is 2.97. The number of fused-ring (bicyclic) bond motifs is 1. The van der Waals surface area contributed by atoms with Crippen molar-refractivity contribution < 1.29 is 17.6 Å². The standard InChI is InChI=1S/C16H28FN7O3S/c17-10-7-20-15-13(14(18)22-24(15)9-10)16(25)21-11-8-19-2-1-12(11)23-3-5-28(26,27)6-4-23/h8,10,12-15,19-20,22H,1-7,9,18H2,(H,21,25). The van der Waals surface area contributed by atoms with Crippen molar-refractivity contribution in [2.75, 3.05) is 44.2 Å². The summed E-state index contributed by atoms with van der Waals surface area (Å²) in [6.45, 7) is 2.05. The lowest BCUT2D eigenvalue weighted by Crippen LogP contribution is -2.59. The van der Waals surface area contributed by atoms with Gasteiger partial charge >= 0.3 is 0 Å². The maximum Gasteiger partial charge on any atom is 0.233 e. The van der Waals surface area contributed by atoms with E-state index in [1.54, 1.807) is 11.2 Å². The molecule has 0 aromatic heterocycles. The van der Waals surface area contributed by atoms with Gasteiger partial charge in [-0.15, -0.1) is 0 Å². The number of hydrogen-bond donors (Lipinski definition) is 5. The van der Waals surface area contributed by atoms with E-state index in [1.807, 2.05) is 0 Å². The highest BCUT2D eigenvalue weighted by Crippen LogP contribution is 2.24. The van der Waals surface area contributed by atoms with Crippen LogP contribution in [0.1, 0.15) is 6.42 Å². The molecule has 0 aromatic rings. The van der Waals surface area contributed by atoms with E-state index < -0.39 is 28.1 Å². The second-order valence-corrected chi connectivity index (χ2v) is 10.1. The molecule has 3 saturated heterocycles. The maximum absolute atomic E-state index is 13.6. The van der Waals surface area contributed by atoms with Gasteiger partial charge in [0.2, 0.25) is 5.91 Å². The van der Waals surface area contributed by atoms with Crippen LogP contribution in [0, 0.1) is 5.92 Å². The van der Waals surface area contributed by atoms with Crippen molar-refractivity contribution in [2.24, 2.45) is 11.7 Å². The van der Waals surface area contributed by atoms with E-state index in [1.165, 1.54) is 0 Å². The van der Waals surface area contributed by atoms with Gasteiger partial charge in [-0.25, -0.2) is 23.2 Å². The normalized spacial score (nSPS) is 38.9. The predicted octanol–water partition coefficient (Wildman–Crippen LogP) is -2.98. The van der Waals surface area contributed by atoms with Gasteiger partial charge in [0.15, 0.2) is 9.84 Å². The summed E-state index contributed by atoms with van der Waals surface area (Å²) in [5.41, 5.74) is 9.81.